The zero-order chi connectivity index (χ0) is 20.5. The Balaban J connectivity index is 1.26. The predicted octanol–water partition coefficient (Wildman–Crippen LogP) is 5.41. The lowest BCUT2D eigenvalue weighted by molar-refractivity contribution is 0.0932. The summed E-state index contributed by atoms with van der Waals surface area (Å²) in [5.74, 6) is 1.65. The number of ether oxygens (including phenoxy) is 1. The first-order chi connectivity index (χ1) is 14.7. The van der Waals surface area contributed by atoms with Crippen LogP contribution in [0.25, 0.3) is 0 Å². The third-order valence-corrected chi connectivity index (χ3v) is 7.41. The number of fused-ring (bicyclic) bond motifs is 1. The fourth-order valence-corrected chi connectivity index (χ4v) is 5.37. The molecule has 0 radical (unpaired) electrons. The molecule has 0 spiro atoms. The Morgan fingerprint density at radius 1 is 1.13 bits per heavy atom. The van der Waals surface area contributed by atoms with E-state index in [0.717, 1.165) is 41.3 Å². The van der Waals surface area contributed by atoms with Gasteiger partial charge in [-0.3, -0.25) is 0 Å². The van der Waals surface area contributed by atoms with E-state index in [0.29, 0.717) is 12.5 Å². The largest absolute Gasteiger partial charge is 0.486 e. The molecule has 2 atom stereocenters. The van der Waals surface area contributed by atoms with Gasteiger partial charge in [0.15, 0.2) is 0 Å². The van der Waals surface area contributed by atoms with E-state index in [9.17, 15) is 5.11 Å². The van der Waals surface area contributed by atoms with Crippen LogP contribution in [-0.2, 0) is 19.4 Å². The third kappa shape index (κ3) is 4.09. The van der Waals surface area contributed by atoms with Crippen LogP contribution in [0, 0.1) is 5.92 Å². The molecule has 3 N–H and O–H groups in total. The molecule has 0 amide bonds. The molecule has 156 valence electrons. The van der Waals surface area contributed by atoms with Crippen LogP contribution in [0.2, 0.25) is 0 Å². The van der Waals surface area contributed by atoms with Crippen molar-refractivity contribution in [2.75, 3.05) is 5.73 Å². The maximum Gasteiger partial charge on any atom is 0.140 e. The number of rotatable bonds is 6. The first kappa shape index (κ1) is 19.6. The predicted molar refractivity (Wildman–Crippen MR) is 121 cm³/mol. The molecule has 5 rings (SSSR count). The average Bonchev–Trinajstić information content (AvgIpc) is 3.16. The van der Waals surface area contributed by atoms with Gasteiger partial charge in [-0.05, 0) is 79.0 Å². The van der Waals surface area contributed by atoms with Gasteiger partial charge in [0.25, 0.3) is 0 Å². The van der Waals surface area contributed by atoms with E-state index in [1.165, 1.54) is 36.1 Å². The van der Waals surface area contributed by atoms with Gasteiger partial charge in [-0.15, -0.1) is 11.3 Å². The average molecular weight is 421 g/mol. The molecule has 2 aromatic carbocycles. The number of hydrogen-bond donors (Lipinski definition) is 2. The van der Waals surface area contributed by atoms with Gasteiger partial charge in [-0.2, -0.15) is 0 Å². The molecule has 4 nitrogen and oxygen atoms in total. The zero-order valence-electron chi connectivity index (χ0n) is 17.1. The molecular formula is C25H28N2O2S. The van der Waals surface area contributed by atoms with Crippen LogP contribution in [0.4, 0.5) is 5.69 Å². The zero-order valence-corrected chi connectivity index (χ0v) is 17.9. The molecule has 1 heterocycles. The molecule has 1 fully saturated rings. The molecule has 3 aromatic rings. The Morgan fingerprint density at radius 2 is 2.03 bits per heavy atom. The van der Waals surface area contributed by atoms with E-state index < -0.39 is 6.10 Å². The number of benzene rings is 2. The van der Waals surface area contributed by atoms with Crippen LogP contribution in [-0.4, -0.2) is 10.1 Å². The summed E-state index contributed by atoms with van der Waals surface area (Å²) in [6.45, 7) is 0.485. The number of thiazole rings is 1. The first-order valence-corrected chi connectivity index (χ1v) is 11.8. The van der Waals surface area contributed by atoms with Crippen molar-refractivity contribution in [2.24, 2.45) is 5.92 Å². The van der Waals surface area contributed by atoms with Crippen LogP contribution in [0.3, 0.4) is 0 Å². The van der Waals surface area contributed by atoms with Gasteiger partial charge in [0.2, 0.25) is 0 Å². The quantitative estimate of drug-likeness (QED) is 0.523. The van der Waals surface area contributed by atoms with Crippen molar-refractivity contribution in [2.45, 2.75) is 57.2 Å². The number of nitrogens with two attached hydrogens (primary N) is 1. The maximum atomic E-state index is 11.1. The number of hydrogen-bond acceptors (Lipinski definition) is 5. The Bertz CT molecular complexity index is 1030. The van der Waals surface area contributed by atoms with Crippen LogP contribution >= 0.6 is 11.3 Å². The van der Waals surface area contributed by atoms with Crippen molar-refractivity contribution in [3.05, 3.63) is 75.2 Å². The van der Waals surface area contributed by atoms with Gasteiger partial charge in [-0.1, -0.05) is 24.6 Å². The lowest BCUT2D eigenvalue weighted by Gasteiger charge is -2.30. The van der Waals surface area contributed by atoms with Crippen molar-refractivity contribution in [3.8, 4) is 5.75 Å². The molecule has 30 heavy (non-hydrogen) atoms. The minimum atomic E-state index is -0.483. The highest BCUT2D eigenvalue weighted by atomic mass is 32.1. The molecule has 0 bridgehead atoms. The molecule has 0 aliphatic heterocycles. The van der Waals surface area contributed by atoms with Crippen LogP contribution < -0.4 is 10.5 Å². The summed E-state index contributed by atoms with van der Waals surface area (Å²) in [7, 11) is 0. The summed E-state index contributed by atoms with van der Waals surface area (Å²) >= 11 is 1.68. The number of aromatic nitrogens is 1. The van der Waals surface area contributed by atoms with Crippen molar-refractivity contribution < 1.29 is 9.84 Å². The molecule has 2 aliphatic rings. The number of aliphatic hydroxyl groups is 1. The lowest BCUT2D eigenvalue weighted by atomic mass is 9.78. The lowest BCUT2D eigenvalue weighted by Crippen LogP contribution is -2.22. The standard InChI is InChI=1S/C25H28N2O2S/c26-20-6-1-3-16(12-20)11-19-8-7-17-9-10-21(13-22(17)25(19)28)29-14-24-27-23(15-30-24)18-4-2-5-18/h1,3,6,9-10,12-13,15,18-19,25,28H,2,4-5,7-8,11,14,26H2. The maximum absolute atomic E-state index is 11.1. The third-order valence-electron chi connectivity index (χ3n) is 6.57. The van der Waals surface area contributed by atoms with Gasteiger partial charge >= 0.3 is 0 Å². The summed E-state index contributed by atoms with van der Waals surface area (Å²) in [5, 5.41) is 14.3. The SMILES string of the molecule is Nc1cccc(CC2CCc3ccc(OCc4nc(C5CCC5)cs4)cc3C2O)c1. The van der Waals surface area contributed by atoms with E-state index in [1.54, 1.807) is 11.3 Å². The fourth-order valence-electron chi connectivity index (χ4n) is 4.58. The van der Waals surface area contributed by atoms with Crippen molar-refractivity contribution in [1.82, 2.24) is 4.98 Å². The molecule has 2 aliphatic carbocycles. The van der Waals surface area contributed by atoms with E-state index >= 15 is 0 Å². The van der Waals surface area contributed by atoms with E-state index in [-0.39, 0.29) is 5.92 Å². The summed E-state index contributed by atoms with van der Waals surface area (Å²) in [6, 6.07) is 14.1. The Kier molecular flexibility index (Phi) is 5.48. The number of nitrogens with zero attached hydrogens (tertiary/aromatic N) is 1. The smallest absolute Gasteiger partial charge is 0.140 e. The van der Waals surface area contributed by atoms with Crippen molar-refractivity contribution >= 4 is 17.0 Å². The van der Waals surface area contributed by atoms with Gasteiger partial charge in [0.05, 0.1) is 11.8 Å². The summed E-state index contributed by atoms with van der Waals surface area (Å²) in [5.41, 5.74) is 11.3. The molecule has 5 heteroatoms. The second-order valence-corrected chi connectivity index (χ2v) is 9.58. The monoisotopic (exact) mass is 420 g/mol. The fraction of sp³-hybridized carbons (Fsp3) is 0.400. The molecule has 1 saturated carbocycles. The second-order valence-electron chi connectivity index (χ2n) is 8.64. The first-order valence-electron chi connectivity index (χ1n) is 10.9. The Morgan fingerprint density at radius 3 is 2.83 bits per heavy atom. The molecule has 1 aromatic heterocycles. The van der Waals surface area contributed by atoms with Gasteiger partial charge in [0.1, 0.15) is 17.4 Å². The van der Waals surface area contributed by atoms with E-state index in [2.05, 4.69) is 17.5 Å². The highest BCUT2D eigenvalue weighted by molar-refractivity contribution is 7.09. The molecule has 0 saturated heterocycles. The van der Waals surface area contributed by atoms with Crippen molar-refractivity contribution in [1.29, 1.82) is 0 Å². The number of aryl methyl sites for hydroxylation is 1. The van der Waals surface area contributed by atoms with Crippen molar-refractivity contribution in [3.63, 3.8) is 0 Å². The minimum Gasteiger partial charge on any atom is -0.486 e. The van der Waals surface area contributed by atoms with Gasteiger partial charge in [0, 0.05) is 17.0 Å². The molecular weight excluding hydrogens is 392 g/mol. The second kappa shape index (κ2) is 8.40. The minimum absolute atomic E-state index is 0.193. The summed E-state index contributed by atoms with van der Waals surface area (Å²) < 4.78 is 6.04. The van der Waals surface area contributed by atoms with Gasteiger partial charge < -0.3 is 15.6 Å². The number of aliphatic hydroxyl groups excluding tert-OH is 1. The van der Waals surface area contributed by atoms with Crippen LogP contribution in [0.1, 0.15) is 65.1 Å². The van der Waals surface area contributed by atoms with E-state index in [1.807, 2.05) is 30.3 Å². The number of anilines is 1. The normalized spacial score (nSPS) is 21.1. The highest BCUT2D eigenvalue weighted by Gasteiger charge is 2.28. The van der Waals surface area contributed by atoms with Crippen LogP contribution in [0.15, 0.2) is 47.8 Å². The Hall–Kier alpha value is -2.37. The summed E-state index contributed by atoms with van der Waals surface area (Å²) in [6.07, 6.45) is 6.17. The van der Waals surface area contributed by atoms with Crippen LogP contribution in [0.5, 0.6) is 5.75 Å². The topological polar surface area (TPSA) is 68.4 Å². The molecule has 2 unspecified atom stereocenters. The highest BCUT2D eigenvalue weighted by Crippen LogP contribution is 2.39. The number of nitrogen functional groups attached to an aromatic ring is 1. The Labute approximate surface area is 181 Å². The van der Waals surface area contributed by atoms with Gasteiger partial charge in [-0.25, -0.2) is 4.98 Å². The van der Waals surface area contributed by atoms with E-state index in [4.69, 9.17) is 15.5 Å². The summed E-state index contributed by atoms with van der Waals surface area (Å²) in [4.78, 5) is 4.75.